The van der Waals surface area contributed by atoms with Gasteiger partial charge in [-0.2, -0.15) is 5.10 Å². The summed E-state index contributed by atoms with van der Waals surface area (Å²) in [5.41, 5.74) is 3.86. The van der Waals surface area contributed by atoms with E-state index in [9.17, 15) is 10.1 Å². The van der Waals surface area contributed by atoms with Gasteiger partial charge in [0.25, 0.3) is 5.69 Å². The number of aryl methyl sites for hydroxylation is 1. The van der Waals surface area contributed by atoms with Crippen LogP contribution in [0.2, 0.25) is 0 Å². The maximum atomic E-state index is 10.8. The third-order valence-electron chi connectivity index (χ3n) is 3.28. The van der Waals surface area contributed by atoms with Gasteiger partial charge in [-0.1, -0.05) is 13.0 Å². The van der Waals surface area contributed by atoms with Crippen molar-refractivity contribution in [1.82, 2.24) is 15.1 Å². The van der Waals surface area contributed by atoms with Crippen molar-refractivity contribution in [2.24, 2.45) is 0 Å². The minimum absolute atomic E-state index is 0.0725. The molecule has 0 fully saturated rings. The lowest BCUT2D eigenvalue weighted by Crippen LogP contribution is -2.13. The molecule has 0 atom stereocenters. The van der Waals surface area contributed by atoms with Gasteiger partial charge in [0.15, 0.2) is 0 Å². The van der Waals surface area contributed by atoms with Crippen LogP contribution in [-0.2, 0) is 6.54 Å². The Morgan fingerprint density at radius 3 is 2.80 bits per heavy atom. The van der Waals surface area contributed by atoms with E-state index >= 15 is 0 Å². The van der Waals surface area contributed by atoms with Gasteiger partial charge in [-0.25, -0.2) is 4.68 Å². The monoisotopic (exact) mass is 274 g/mol. The molecule has 0 saturated carbocycles. The molecule has 2 aromatic rings. The Morgan fingerprint density at radius 2 is 2.15 bits per heavy atom. The number of nitrogens with zero attached hydrogens (tertiary/aromatic N) is 3. The first-order valence-electron chi connectivity index (χ1n) is 6.55. The van der Waals surface area contributed by atoms with Crippen molar-refractivity contribution in [2.45, 2.75) is 27.3 Å². The molecule has 0 radical (unpaired) electrons. The van der Waals surface area contributed by atoms with Gasteiger partial charge in [0, 0.05) is 29.9 Å². The lowest BCUT2D eigenvalue weighted by atomic mass is 10.2. The molecule has 0 spiro atoms. The fraction of sp³-hybridized carbons (Fsp3) is 0.357. The SMILES string of the molecule is CCNCc1c(C)nn(-c2cccc([N+](=O)[O-])c2)c1C. The molecule has 1 aromatic carbocycles. The van der Waals surface area contributed by atoms with Gasteiger partial charge < -0.3 is 5.32 Å². The molecule has 0 saturated heterocycles. The molecule has 6 heteroatoms. The summed E-state index contributed by atoms with van der Waals surface area (Å²) in [4.78, 5) is 10.5. The number of hydrogen-bond acceptors (Lipinski definition) is 4. The second kappa shape index (κ2) is 5.83. The van der Waals surface area contributed by atoms with Crippen molar-refractivity contribution in [3.05, 3.63) is 51.3 Å². The molecule has 0 aliphatic heterocycles. The zero-order chi connectivity index (χ0) is 14.7. The van der Waals surface area contributed by atoms with E-state index in [1.807, 2.05) is 19.9 Å². The third-order valence-corrected chi connectivity index (χ3v) is 3.28. The normalized spacial score (nSPS) is 10.8. The highest BCUT2D eigenvalue weighted by Gasteiger charge is 2.14. The largest absolute Gasteiger partial charge is 0.313 e. The van der Waals surface area contributed by atoms with Gasteiger partial charge in [0.1, 0.15) is 0 Å². The summed E-state index contributed by atoms with van der Waals surface area (Å²) in [5, 5.41) is 18.6. The minimum atomic E-state index is -0.394. The molecule has 20 heavy (non-hydrogen) atoms. The first kappa shape index (κ1) is 14.2. The Morgan fingerprint density at radius 1 is 1.40 bits per heavy atom. The van der Waals surface area contributed by atoms with Crippen LogP contribution in [0, 0.1) is 24.0 Å². The van der Waals surface area contributed by atoms with Crippen LogP contribution < -0.4 is 5.32 Å². The lowest BCUT2D eigenvalue weighted by molar-refractivity contribution is -0.384. The highest BCUT2D eigenvalue weighted by Crippen LogP contribution is 2.21. The standard InChI is InChI=1S/C14H18N4O2/c1-4-15-9-14-10(2)16-17(11(14)3)12-6-5-7-13(8-12)18(19)20/h5-8,15H,4,9H2,1-3H3. The molecule has 1 N–H and O–H groups in total. The Bertz CT molecular complexity index is 634. The third kappa shape index (κ3) is 2.70. The van der Waals surface area contributed by atoms with Crippen molar-refractivity contribution in [2.75, 3.05) is 6.54 Å². The fourth-order valence-corrected chi connectivity index (χ4v) is 2.17. The number of aromatic nitrogens is 2. The predicted octanol–water partition coefficient (Wildman–Crippen LogP) is 2.51. The Labute approximate surface area is 117 Å². The van der Waals surface area contributed by atoms with E-state index in [1.165, 1.54) is 12.1 Å². The number of rotatable bonds is 5. The van der Waals surface area contributed by atoms with Crippen LogP contribution in [0.15, 0.2) is 24.3 Å². The molecule has 0 amide bonds. The van der Waals surface area contributed by atoms with Crippen LogP contribution >= 0.6 is 0 Å². The van der Waals surface area contributed by atoms with Gasteiger partial charge in [-0.15, -0.1) is 0 Å². The highest BCUT2D eigenvalue weighted by atomic mass is 16.6. The summed E-state index contributed by atoms with van der Waals surface area (Å²) < 4.78 is 1.76. The van der Waals surface area contributed by atoms with Crippen molar-refractivity contribution < 1.29 is 4.92 Å². The first-order valence-corrected chi connectivity index (χ1v) is 6.55. The molecule has 1 heterocycles. The molecule has 6 nitrogen and oxygen atoms in total. The number of nitro groups is 1. The van der Waals surface area contributed by atoms with Gasteiger partial charge in [-0.05, 0) is 26.5 Å². The van der Waals surface area contributed by atoms with E-state index in [1.54, 1.807) is 10.7 Å². The topological polar surface area (TPSA) is 73.0 Å². The summed E-state index contributed by atoms with van der Waals surface area (Å²) in [7, 11) is 0. The quantitative estimate of drug-likeness (QED) is 0.671. The van der Waals surface area contributed by atoms with Crippen molar-refractivity contribution in [1.29, 1.82) is 0 Å². The summed E-state index contributed by atoms with van der Waals surface area (Å²) in [6, 6.07) is 6.52. The van der Waals surface area contributed by atoms with E-state index in [0.717, 1.165) is 30.0 Å². The molecule has 106 valence electrons. The number of nitrogens with one attached hydrogen (secondary N) is 1. The molecule has 0 aliphatic rings. The summed E-state index contributed by atoms with van der Waals surface area (Å²) in [5.74, 6) is 0. The molecule has 0 unspecified atom stereocenters. The van der Waals surface area contributed by atoms with Gasteiger partial charge in [0.05, 0.1) is 16.3 Å². The maximum Gasteiger partial charge on any atom is 0.271 e. The molecule has 0 bridgehead atoms. The van der Waals surface area contributed by atoms with Gasteiger partial charge >= 0.3 is 0 Å². The van der Waals surface area contributed by atoms with Crippen molar-refractivity contribution in [3.63, 3.8) is 0 Å². The van der Waals surface area contributed by atoms with E-state index in [4.69, 9.17) is 0 Å². The number of nitro benzene ring substituents is 1. The van der Waals surface area contributed by atoms with Crippen LogP contribution in [0.25, 0.3) is 5.69 Å². The van der Waals surface area contributed by atoms with Gasteiger partial charge in [-0.3, -0.25) is 10.1 Å². The molecular weight excluding hydrogens is 256 g/mol. The minimum Gasteiger partial charge on any atom is -0.313 e. The summed E-state index contributed by atoms with van der Waals surface area (Å²) >= 11 is 0. The molecule has 0 aliphatic carbocycles. The Kier molecular flexibility index (Phi) is 4.14. The number of benzene rings is 1. The maximum absolute atomic E-state index is 10.8. The first-order chi connectivity index (χ1) is 9.54. The smallest absolute Gasteiger partial charge is 0.271 e. The zero-order valence-electron chi connectivity index (χ0n) is 11.9. The molecule has 2 rings (SSSR count). The van der Waals surface area contributed by atoms with Crippen molar-refractivity contribution in [3.8, 4) is 5.69 Å². The molecule has 1 aromatic heterocycles. The van der Waals surface area contributed by atoms with Gasteiger partial charge in [0.2, 0.25) is 0 Å². The van der Waals surface area contributed by atoms with E-state index in [-0.39, 0.29) is 5.69 Å². The zero-order valence-corrected chi connectivity index (χ0v) is 11.9. The van der Waals surface area contributed by atoms with E-state index in [0.29, 0.717) is 5.69 Å². The Hall–Kier alpha value is -2.21. The van der Waals surface area contributed by atoms with E-state index < -0.39 is 4.92 Å². The average Bonchev–Trinajstić information content (AvgIpc) is 2.72. The predicted molar refractivity (Wildman–Crippen MR) is 77.1 cm³/mol. The van der Waals surface area contributed by atoms with Crippen LogP contribution in [0.4, 0.5) is 5.69 Å². The van der Waals surface area contributed by atoms with E-state index in [2.05, 4.69) is 17.3 Å². The van der Waals surface area contributed by atoms with Crippen LogP contribution in [0.5, 0.6) is 0 Å². The summed E-state index contributed by atoms with van der Waals surface area (Å²) in [6.07, 6.45) is 0. The number of hydrogen-bond donors (Lipinski definition) is 1. The summed E-state index contributed by atoms with van der Waals surface area (Å²) in [6.45, 7) is 7.62. The van der Waals surface area contributed by atoms with Crippen molar-refractivity contribution >= 4 is 5.69 Å². The Balaban J connectivity index is 2.43. The number of non-ortho nitro benzene ring substituents is 1. The highest BCUT2D eigenvalue weighted by molar-refractivity contribution is 5.44. The fourth-order valence-electron chi connectivity index (χ4n) is 2.17. The lowest BCUT2D eigenvalue weighted by Gasteiger charge is -2.06. The second-order valence-electron chi connectivity index (χ2n) is 4.62. The van der Waals surface area contributed by atoms with Crippen LogP contribution in [0.1, 0.15) is 23.9 Å². The second-order valence-corrected chi connectivity index (χ2v) is 4.62. The molecular formula is C14H18N4O2. The van der Waals surface area contributed by atoms with Crippen LogP contribution in [-0.4, -0.2) is 21.2 Å². The average molecular weight is 274 g/mol. The van der Waals surface area contributed by atoms with Crippen LogP contribution in [0.3, 0.4) is 0 Å².